The lowest BCUT2D eigenvalue weighted by molar-refractivity contribution is -0.275. The van der Waals surface area contributed by atoms with Gasteiger partial charge < -0.3 is 28.8 Å². The second kappa shape index (κ2) is 13.8. The lowest BCUT2D eigenvalue weighted by atomic mass is 9.98. The fourth-order valence-corrected chi connectivity index (χ4v) is 4.33. The number of aliphatic hydroxyl groups is 1. The zero-order valence-electron chi connectivity index (χ0n) is 21.7. The van der Waals surface area contributed by atoms with Crippen molar-refractivity contribution in [3.8, 4) is 0 Å². The molecular weight excluding hydrogens is 468 g/mol. The smallest absolute Gasteiger partial charge is 0.115 e. The molecular formula is C31H38O6. The third-order valence-electron chi connectivity index (χ3n) is 6.25. The molecule has 6 nitrogen and oxygen atoms in total. The molecule has 6 heteroatoms. The van der Waals surface area contributed by atoms with Crippen molar-refractivity contribution in [2.24, 2.45) is 0 Å². The summed E-state index contributed by atoms with van der Waals surface area (Å²) in [4.78, 5) is 0. The van der Waals surface area contributed by atoms with Gasteiger partial charge in [0.25, 0.3) is 0 Å². The van der Waals surface area contributed by atoms with Gasteiger partial charge in [-0.05, 0) is 30.5 Å². The van der Waals surface area contributed by atoms with Gasteiger partial charge in [0.2, 0.25) is 0 Å². The molecule has 1 saturated heterocycles. The topological polar surface area (TPSA) is 66.4 Å². The van der Waals surface area contributed by atoms with Crippen LogP contribution in [0, 0.1) is 0 Å². The fourth-order valence-electron chi connectivity index (χ4n) is 4.33. The summed E-state index contributed by atoms with van der Waals surface area (Å²) >= 11 is 0. The SMILES string of the molecule is CC1(C)CO[C@H]([C@@H](COCc2ccccc2)OCc2ccccc2)[C@@H](C(O)COCc2ccccc2)O1. The van der Waals surface area contributed by atoms with Crippen molar-refractivity contribution >= 4 is 0 Å². The summed E-state index contributed by atoms with van der Waals surface area (Å²) in [7, 11) is 0. The lowest BCUT2D eigenvalue weighted by Crippen LogP contribution is -2.59. The van der Waals surface area contributed by atoms with E-state index in [2.05, 4.69) is 0 Å². The quantitative estimate of drug-likeness (QED) is 0.355. The average molecular weight is 507 g/mol. The number of aliphatic hydroxyl groups excluding tert-OH is 1. The minimum Gasteiger partial charge on any atom is -0.388 e. The highest BCUT2D eigenvalue weighted by Gasteiger charge is 2.44. The molecule has 0 aromatic heterocycles. The van der Waals surface area contributed by atoms with Crippen LogP contribution in [-0.2, 0) is 43.5 Å². The number of ether oxygens (including phenoxy) is 5. The van der Waals surface area contributed by atoms with E-state index in [9.17, 15) is 5.11 Å². The van der Waals surface area contributed by atoms with E-state index in [-0.39, 0.29) is 6.61 Å². The zero-order chi connectivity index (χ0) is 25.9. The van der Waals surface area contributed by atoms with Gasteiger partial charge in [-0.1, -0.05) is 91.0 Å². The minimum atomic E-state index is -0.898. The molecule has 4 rings (SSSR count). The van der Waals surface area contributed by atoms with Crippen molar-refractivity contribution < 1.29 is 28.8 Å². The van der Waals surface area contributed by atoms with Crippen LogP contribution in [0.25, 0.3) is 0 Å². The molecule has 3 aromatic carbocycles. The van der Waals surface area contributed by atoms with E-state index in [0.717, 1.165) is 16.7 Å². The van der Waals surface area contributed by atoms with Crippen LogP contribution in [0.5, 0.6) is 0 Å². The predicted octanol–water partition coefficient (Wildman–Crippen LogP) is 4.93. The van der Waals surface area contributed by atoms with E-state index in [4.69, 9.17) is 23.7 Å². The Morgan fingerprint density at radius 3 is 1.76 bits per heavy atom. The van der Waals surface area contributed by atoms with Crippen LogP contribution in [0.1, 0.15) is 30.5 Å². The van der Waals surface area contributed by atoms with Crippen LogP contribution in [0.15, 0.2) is 91.0 Å². The van der Waals surface area contributed by atoms with E-state index in [1.54, 1.807) is 0 Å². The molecule has 4 atom stereocenters. The molecule has 1 heterocycles. The van der Waals surface area contributed by atoms with Gasteiger partial charge in [-0.3, -0.25) is 0 Å². The Bertz CT molecular complexity index is 1030. The van der Waals surface area contributed by atoms with E-state index in [0.29, 0.717) is 33.0 Å². The molecule has 1 aliphatic rings. The molecule has 1 N–H and O–H groups in total. The molecule has 37 heavy (non-hydrogen) atoms. The van der Waals surface area contributed by atoms with Crippen molar-refractivity contribution in [3.63, 3.8) is 0 Å². The monoisotopic (exact) mass is 506 g/mol. The van der Waals surface area contributed by atoms with Crippen LogP contribution < -0.4 is 0 Å². The van der Waals surface area contributed by atoms with Crippen molar-refractivity contribution in [2.75, 3.05) is 19.8 Å². The Hall–Kier alpha value is -2.58. The Morgan fingerprint density at radius 1 is 0.730 bits per heavy atom. The number of hydrogen-bond donors (Lipinski definition) is 1. The molecule has 1 fully saturated rings. The van der Waals surface area contributed by atoms with E-state index < -0.39 is 30.0 Å². The number of rotatable bonds is 13. The van der Waals surface area contributed by atoms with E-state index >= 15 is 0 Å². The molecule has 198 valence electrons. The Kier molecular flexibility index (Phi) is 10.3. The first-order valence-corrected chi connectivity index (χ1v) is 12.9. The molecule has 0 aliphatic carbocycles. The highest BCUT2D eigenvalue weighted by molar-refractivity contribution is 5.15. The maximum absolute atomic E-state index is 11.2. The first kappa shape index (κ1) is 27.5. The van der Waals surface area contributed by atoms with Crippen LogP contribution in [0.4, 0.5) is 0 Å². The van der Waals surface area contributed by atoms with Gasteiger partial charge in [-0.15, -0.1) is 0 Å². The summed E-state index contributed by atoms with van der Waals surface area (Å²) in [6.45, 7) is 5.98. The van der Waals surface area contributed by atoms with Crippen molar-refractivity contribution in [3.05, 3.63) is 108 Å². The molecule has 0 amide bonds. The minimum absolute atomic E-state index is 0.117. The van der Waals surface area contributed by atoms with Gasteiger partial charge in [0.15, 0.2) is 0 Å². The second-order valence-corrected chi connectivity index (χ2v) is 10.0. The van der Waals surface area contributed by atoms with Gasteiger partial charge in [0, 0.05) is 0 Å². The van der Waals surface area contributed by atoms with Gasteiger partial charge >= 0.3 is 0 Å². The van der Waals surface area contributed by atoms with Crippen molar-refractivity contribution in [1.82, 2.24) is 0 Å². The molecule has 0 radical (unpaired) electrons. The Labute approximate surface area is 220 Å². The summed E-state index contributed by atoms with van der Waals surface area (Å²) in [5.41, 5.74) is 2.63. The standard InChI is InChI=1S/C31H38O6/c1-31(2)23-36-30(29(37-31)27(32)21-33-18-24-12-6-3-7-13-24)28(35-20-26-16-10-5-11-17-26)22-34-19-25-14-8-4-9-15-25/h3-17,27-30,32H,18-23H2,1-2H3/t27?,28-,29-,30-/m1/s1. The summed E-state index contributed by atoms with van der Waals surface area (Å²) in [6.07, 6.45) is -2.51. The lowest BCUT2D eigenvalue weighted by Gasteiger charge is -2.45. The summed E-state index contributed by atoms with van der Waals surface area (Å²) in [5.74, 6) is 0. The molecule has 1 aliphatic heterocycles. The normalized spacial score (nSPS) is 20.8. The molecule has 0 saturated carbocycles. The summed E-state index contributed by atoms with van der Waals surface area (Å²) in [5, 5.41) is 11.2. The van der Waals surface area contributed by atoms with E-state index in [1.165, 1.54) is 0 Å². The molecule has 0 bridgehead atoms. The fraction of sp³-hybridized carbons (Fsp3) is 0.419. The molecule has 0 spiro atoms. The largest absolute Gasteiger partial charge is 0.388 e. The molecule has 3 aromatic rings. The molecule has 1 unspecified atom stereocenters. The van der Waals surface area contributed by atoms with Crippen LogP contribution in [0.2, 0.25) is 0 Å². The first-order valence-electron chi connectivity index (χ1n) is 12.9. The predicted molar refractivity (Wildman–Crippen MR) is 142 cm³/mol. The third-order valence-corrected chi connectivity index (χ3v) is 6.25. The third kappa shape index (κ3) is 8.75. The average Bonchev–Trinajstić information content (AvgIpc) is 2.92. The maximum atomic E-state index is 11.2. The second-order valence-electron chi connectivity index (χ2n) is 10.0. The maximum Gasteiger partial charge on any atom is 0.115 e. The number of benzene rings is 3. The zero-order valence-corrected chi connectivity index (χ0v) is 21.7. The van der Waals surface area contributed by atoms with E-state index in [1.807, 2.05) is 105 Å². The van der Waals surface area contributed by atoms with Gasteiger partial charge in [-0.2, -0.15) is 0 Å². The highest BCUT2D eigenvalue weighted by Crippen LogP contribution is 2.29. The van der Waals surface area contributed by atoms with Gasteiger partial charge in [0.05, 0.1) is 45.2 Å². The Morgan fingerprint density at radius 2 is 1.22 bits per heavy atom. The van der Waals surface area contributed by atoms with Crippen LogP contribution in [0.3, 0.4) is 0 Å². The van der Waals surface area contributed by atoms with Crippen molar-refractivity contribution in [2.45, 2.75) is 63.7 Å². The Balaban J connectivity index is 1.43. The summed E-state index contributed by atoms with van der Waals surface area (Å²) < 4.78 is 30.9. The highest BCUT2D eigenvalue weighted by atomic mass is 16.6. The number of hydrogen-bond acceptors (Lipinski definition) is 6. The first-order chi connectivity index (χ1) is 18.0. The van der Waals surface area contributed by atoms with Crippen molar-refractivity contribution in [1.29, 1.82) is 0 Å². The van der Waals surface area contributed by atoms with Gasteiger partial charge in [-0.25, -0.2) is 0 Å². The van der Waals surface area contributed by atoms with Crippen LogP contribution >= 0.6 is 0 Å². The van der Waals surface area contributed by atoms with Crippen LogP contribution in [-0.4, -0.2) is 54.9 Å². The summed E-state index contributed by atoms with van der Waals surface area (Å²) in [6, 6.07) is 29.9. The van der Waals surface area contributed by atoms with Gasteiger partial charge in [0.1, 0.15) is 24.4 Å².